The smallest absolute Gasteiger partial charge is 0.221 e. The van der Waals surface area contributed by atoms with Crippen LogP contribution in [-0.2, 0) is 14.9 Å². The van der Waals surface area contributed by atoms with Gasteiger partial charge in [0.1, 0.15) is 11.1 Å². The Bertz CT molecular complexity index is 659. The van der Waals surface area contributed by atoms with Crippen LogP contribution in [-0.4, -0.2) is 49.8 Å². The van der Waals surface area contributed by atoms with Crippen LogP contribution in [0.5, 0.6) is 0 Å². The fraction of sp³-hybridized carbons (Fsp3) is 0.647. The normalized spacial score (nSPS) is 27.0. The number of hydrogen-bond acceptors (Lipinski definition) is 4. The highest BCUT2D eigenvalue weighted by molar-refractivity contribution is 7.89. The van der Waals surface area contributed by atoms with Gasteiger partial charge in [0.25, 0.3) is 0 Å². The van der Waals surface area contributed by atoms with Gasteiger partial charge in [0, 0.05) is 20.1 Å². The van der Waals surface area contributed by atoms with Crippen LogP contribution in [0.2, 0.25) is 0 Å². The van der Waals surface area contributed by atoms with Crippen LogP contribution in [0.4, 0.5) is 4.39 Å². The molecule has 24 heavy (non-hydrogen) atoms. The minimum Gasteiger partial charge on any atom is -0.297 e. The molecule has 7 heteroatoms. The van der Waals surface area contributed by atoms with Gasteiger partial charge in [-0.05, 0) is 30.5 Å². The maximum atomic E-state index is 13.2. The highest BCUT2D eigenvalue weighted by Crippen LogP contribution is 2.36. The summed E-state index contributed by atoms with van der Waals surface area (Å²) >= 11 is 0. The lowest BCUT2D eigenvalue weighted by atomic mass is 9.96. The number of sulfonamides is 1. The lowest BCUT2D eigenvalue weighted by Gasteiger charge is -2.33. The molecule has 0 bridgehead atoms. The van der Waals surface area contributed by atoms with Gasteiger partial charge in [-0.25, -0.2) is 17.1 Å². The quantitative estimate of drug-likeness (QED) is 0.832. The van der Waals surface area contributed by atoms with Crippen LogP contribution in [0.3, 0.4) is 0 Å². The number of rotatable bonds is 4. The van der Waals surface area contributed by atoms with Gasteiger partial charge < -0.3 is 0 Å². The molecule has 1 aliphatic heterocycles. The molecule has 134 valence electrons. The van der Waals surface area contributed by atoms with Crippen molar-refractivity contribution in [1.82, 2.24) is 9.37 Å². The van der Waals surface area contributed by atoms with Gasteiger partial charge in [0.2, 0.25) is 10.0 Å². The molecule has 0 N–H and O–H groups in total. The Morgan fingerprint density at radius 2 is 1.79 bits per heavy atom. The minimum absolute atomic E-state index is 0.0727. The molecule has 2 atom stereocenters. The van der Waals surface area contributed by atoms with E-state index in [-0.39, 0.29) is 18.5 Å². The van der Waals surface area contributed by atoms with E-state index in [4.69, 9.17) is 4.84 Å². The summed E-state index contributed by atoms with van der Waals surface area (Å²) < 4.78 is 41.1. The van der Waals surface area contributed by atoms with Crippen LogP contribution in [0.15, 0.2) is 24.3 Å². The van der Waals surface area contributed by atoms with Gasteiger partial charge in [-0.3, -0.25) is 4.84 Å². The third kappa shape index (κ3) is 3.35. The van der Waals surface area contributed by atoms with Crippen molar-refractivity contribution in [2.45, 2.75) is 49.4 Å². The number of hydrogen-bond donors (Lipinski definition) is 0. The Morgan fingerprint density at radius 1 is 1.17 bits per heavy atom. The number of benzene rings is 1. The maximum absolute atomic E-state index is 13.2. The highest BCUT2D eigenvalue weighted by Gasteiger charge is 2.46. The molecule has 1 saturated heterocycles. The summed E-state index contributed by atoms with van der Waals surface area (Å²) in [6.45, 7) is 0.123. The number of halogens is 1. The van der Waals surface area contributed by atoms with Crippen LogP contribution in [0, 0.1) is 5.82 Å². The second-order valence-electron chi connectivity index (χ2n) is 6.73. The fourth-order valence-corrected chi connectivity index (χ4v) is 5.74. The number of nitrogens with zero attached hydrogens (tertiary/aromatic N) is 2. The van der Waals surface area contributed by atoms with E-state index < -0.39 is 21.3 Å². The summed E-state index contributed by atoms with van der Waals surface area (Å²) in [5.41, 5.74) is 0.752. The van der Waals surface area contributed by atoms with E-state index in [1.54, 1.807) is 35.6 Å². The molecule has 3 rings (SSSR count). The Kier molecular flexibility index (Phi) is 5.24. The largest absolute Gasteiger partial charge is 0.297 e. The zero-order chi connectivity index (χ0) is 17.3. The second kappa shape index (κ2) is 7.07. The summed E-state index contributed by atoms with van der Waals surface area (Å²) in [4.78, 5) is 5.52. The summed E-state index contributed by atoms with van der Waals surface area (Å²) in [6, 6.07) is 5.62. The van der Waals surface area contributed by atoms with E-state index in [2.05, 4.69) is 0 Å². The zero-order valence-corrected chi connectivity index (χ0v) is 15.0. The number of hydroxylamine groups is 2. The summed E-state index contributed by atoms with van der Waals surface area (Å²) in [6.07, 6.45) is 5.17. The van der Waals surface area contributed by atoms with Crippen LogP contribution < -0.4 is 0 Å². The average molecular weight is 356 g/mol. The highest BCUT2D eigenvalue weighted by atomic mass is 32.2. The third-order valence-corrected chi connectivity index (χ3v) is 7.53. The van der Waals surface area contributed by atoms with E-state index in [0.29, 0.717) is 0 Å². The van der Waals surface area contributed by atoms with Crippen molar-refractivity contribution in [3.63, 3.8) is 0 Å². The molecule has 1 saturated carbocycles. The third-order valence-electron chi connectivity index (χ3n) is 5.27. The van der Waals surface area contributed by atoms with Crippen molar-refractivity contribution in [2.75, 3.05) is 20.7 Å². The minimum atomic E-state index is -3.51. The van der Waals surface area contributed by atoms with Gasteiger partial charge >= 0.3 is 0 Å². The molecule has 2 fully saturated rings. The van der Waals surface area contributed by atoms with Crippen molar-refractivity contribution >= 4 is 10.0 Å². The molecule has 1 aromatic rings. The van der Waals surface area contributed by atoms with Crippen molar-refractivity contribution in [2.24, 2.45) is 0 Å². The molecule has 0 amide bonds. The Balaban J connectivity index is 1.86. The van der Waals surface area contributed by atoms with Gasteiger partial charge in [-0.15, -0.1) is 0 Å². The van der Waals surface area contributed by atoms with E-state index in [1.165, 1.54) is 18.6 Å². The van der Waals surface area contributed by atoms with E-state index >= 15 is 0 Å². The molecule has 1 aliphatic carbocycles. The first kappa shape index (κ1) is 17.8. The molecule has 0 radical (unpaired) electrons. The molecule has 1 aromatic carbocycles. The average Bonchev–Trinajstić information content (AvgIpc) is 2.98. The van der Waals surface area contributed by atoms with E-state index in [1.807, 2.05) is 0 Å². The Hall–Kier alpha value is -1.02. The first-order valence-corrected chi connectivity index (χ1v) is 9.99. The molecule has 5 nitrogen and oxygen atoms in total. The fourth-order valence-electron chi connectivity index (χ4n) is 3.80. The molecule has 0 spiro atoms. The van der Waals surface area contributed by atoms with E-state index in [9.17, 15) is 12.8 Å². The first-order chi connectivity index (χ1) is 11.4. The van der Waals surface area contributed by atoms with E-state index in [0.717, 1.165) is 31.2 Å². The lowest BCUT2D eigenvalue weighted by molar-refractivity contribution is -0.110. The summed E-state index contributed by atoms with van der Waals surface area (Å²) in [5, 5.41) is 0.893. The van der Waals surface area contributed by atoms with Crippen LogP contribution >= 0.6 is 0 Å². The monoisotopic (exact) mass is 356 g/mol. The molecular formula is C17H25FN2O3S. The summed E-state index contributed by atoms with van der Waals surface area (Å²) in [5.74, 6) is -0.334. The molecule has 2 aliphatic rings. The molecule has 1 heterocycles. The summed E-state index contributed by atoms with van der Waals surface area (Å²) in [7, 11) is -0.0936. The zero-order valence-electron chi connectivity index (χ0n) is 14.2. The second-order valence-corrected chi connectivity index (χ2v) is 8.94. The Labute approximate surface area is 143 Å². The van der Waals surface area contributed by atoms with Crippen LogP contribution in [0.25, 0.3) is 0 Å². The first-order valence-electron chi connectivity index (χ1n) is 8.49. The topological polar surface area (TPSA) is 49.9 Å². The molecule has 0 aromatic heterocycles. The van der Waals surface area contributed by atoms with Crippen molar-refractivity contribution in [3.8, 4) is 0 Å². The van der Waals surface area contributed by atoms with Crippen molar-refractivity contribution in [1.29, 1.82) is 0 Å². The van der Waals surface area contributed by atoms with Crippen molar-refractivity contribution < 1.29 is 17.6 Å². The molecule has 0 unspecified atom stereocenters. The maximum Gasteiger partial charge on any atom is 0.221 e. The predicted octanol–water partition coefficient (Wildman–Crippen LogP) is 2.71. The predicted molar refractivity (Wildman–Crippen MR) is 90.2 cm³/mol. The van der Waals surface area contributed by atoms with Gasteiger partial charge in [-0.2, -0.15) is 5.06 Å². The SMILES string of the molecule is CN1OC[C@@H](S(=O)(=O)N(C)C2CCCCC2)[C@@H]1c1ccc(F)cc1. The lowest BCUT2D eigenvalue weighted by Crippen LogP contribution is -2.45. The Morgan fingerprint density at radius 3 is 2.42 bits per heavy atom. The molecular weight excluding hydrogens is 331 g/mol. The van der Waals surface area contributed by atoms with Gasteiger partial charge in [0.15, 0.2) is 0 Å². The van der Waals surface area contributed by atoms with Gasteiger partial charge in [-0.1, -0.05) is 31.4 Å². The van der Waals surface area contributed by atoms with Crippen molar-refractivity contribution in [3.05, 3.63) is 35.6 Å². The van der Waals surface area contributed by atoms with Gasteiger partial charge in [0.05, 0.1) is 12.6 Å². The van der Waals surface area contributed by atoms with Crippen LogP contribution in [0.1, 0.15) is 43.7 Å². The standard InChI is InChI=1S/C17H25FN2O3S/c1-19-17(13-8-10-14(18)11-9-13)16(12-23-19)24(21,22)20(2)15-6-4-3-5-7-15/h8-11,15-17H,3-7,12H2,1-2H3/t16-,17+/m1/s1.